The van der Waals surface area contributed by atoms with Gasteiger partial charge in [0.1, 0.15) is 5.75 Å². The minimum Gasteiger partial charge on any atom is -0.406 e. The molecule has 0 spiro atoms. The second-order valence-electron chi connectivity index (χ2n) is 4.67. The van der Waals surface area contributed by atoms with E-state index in [4.69, 9.17) is 0 Å². The Morgan fingerprint density at radius 3 is 2.00 bits per heavy atom. The monoisotopic (exact) mass is 311 g/mol. The van der Waals surface area contributed by atoms with Gasteiger partial charge in [-0.2, -0.15) is 0 Å². The van der Waals surface area contributed by atoms with E-state index in [-0.39, 0.29) is 16.9 Å². The highest BCUT2D eigenvalue weighted by molar-refractivity contribution is 7.89. The average molecular weight is 311 g/mol. The molecule has 0 aliphatic carbocycles. The predicted molar refractivity (Wildman–Crippen MR) is 67.7 cm³/mol. The summed E-state index contributed by atoms with van der Waals surface area (Å²) in [6.45, 7) is 5.42. The summed E-state index contributed by atoms with van der Waals surface area (Å²) >= 11 is 0. The van der Waals surface area contributed by atoms with Crippen LogP contribution in [0.25, 0.3) is 0 Å². The van der Waals surface area contributed by atoms with E-state index in [1.807, 2.05) is 13.8 Å². The van der Waals surface area contributed by atoms with Gasteiger partial charge in [-0.05, 0) is 37.1 Å². The Bertz CT molecular complexity index is 538. The van der Waals surface area contributed by atoms with Crippen LogP contribution in [0.1, 0.15) is 20.8 Å². The minimum atomic E-state index is -4.80. The Hall–Kier alpha value is -1.28. The highest BCUT2D eigenvalue weighted by atomic mass is 32.2. The van der Waals surface area contributed by atoms with Gasteiger partial charge in [0.15, 0.2) is 0 Å². The van der Waals surface area contributed by atoms with Crippen LogP contribution < -0.4 is 9.46 Å². The van der Waals surface area contributed by atoms with Crippen molar-refractivity contribution in [1.29, 1.82) is 0 Å². The second-order valence-corrected chi connectivity index (χ2v) is 6.39. The second kappa shape index (κ2) is 6.01. The fourth-order valence-corrected chi connectivity index (χ4v) is 2.66. The number of hydrogen-bond acceptors (Lipinski definition) is 3. The molecule has 0 saturated carbocycles. The normalized spacial score (nSPS) is 14.3. The maximum absolute atomic E-state index is 12.0. The third-order valence-electron chi connectivity index (χ3n) is 2.71. The predicted octanol–water partition coefficient (Wildman–Crippen LogP) is 2.91. The van der Waals surface area contributed by atoms with Crippen LogP contribution >= 0.6 is 0 Å². The van der Waals surface area contributed by atoms with Crippen LogP contribution in [0, 0.1) is 5.92 Å². The largest absolute Gasteiger partial charge is 0.573 e. The van der Waals surface area contributed by atoms with Gasteiger partial charge >= 0.3 is 6.36 Å². The van der Waals surface area contributed by atoms with Gasteiger partial charge in [-0.25, -0.2) is 13.1 Å². The number of alkyl halides is 3. The first kappa shape index (κ1) is 16.8. The third kappa shape index (κ3) is 5.01. The van der Waals surface area contributed by atoms with Crippen molar-refractivity contribution in [3.05, 3.63) is 24.3 Å². The summed E-state index contributed by atoms with van der Waals surface area (Å²) in [7, 11) is -3.75. The summed E-state index contributed by atoms with van der Waals surface area (Å²) in [5.41, 5.74) is 0. The average Bonchev–Trinajstić information content (AvgIpc) is 2.26. The molecule has 0 fully saturated rings. The highest BCUT2D eigenvalue weighted by Crippen LogP contribution is 2.24. The van der Waals surface area contributed by atoms with Crippen molar-refractivity contribution in [3.8, 4) is 5.75 Å². The summed E-state index contributed by atoms with van der Waals surface area (Å²) < 4.78 is 66.0. The van der Waals surface area contributed by atoms with Crippen LogP contribution in [0.4, 0.5) is 13.2 Å². The topological polar surface area (TPSA) is 55.4 Å². The lowest BCUT2D eigenvalue weighted by atomic mass is 10.1. The summed E-state index contributed by atoms with van der Waals surface area (Å²) in [5.74, 6) is -0.369. The van der Waals surface area contributed by atoms with Crippen molar-refractivity contribution >= 4 is 10.0 Å². The van der Waals surface area contributed by atoms with Crippen molar-refractivity contribution in [2.24, 2.45) is 5.92 Å². The lowest BCUT2D eigenvalue weighted by Gasteiger charge is -2.17. The molecule has 0 heterocycles. The standard InChI is InChI=1S/C12H16F3NO3S/c1-8(2)9(3)16-20(17,18)11-6-4-10(5-7-11)19-12(13,14)15/h4-9,16H,1-3H3/t9-/m1/s1. The molecule has 20 heavy (non-hydrogen) atoms. The van der Waals surface area contributed by atoms with E-state index < -0.39 is 22.1 Å². The Morgan fingerprint density at radius 2 is 1.60 bits per heavy atom. The molecule has 0 aliphatic heterocycles. The van der Waals surface area contributed by atoms with Crippen molar-refractivity contribution < 1.29 is 26.3 Å². The fraction of sp³-hybridized carbons (Fsp3) is 0.500. The van der Waals surface area contributed by atoms with E-state index in [1.54, 1.807) is 6.92 Å². The maximum atomic E-state index is 12.0. The summed E-state index contributed by atoms with van der Waals surface area (Å²) in [6, 6.07) is 3.77. The van der Waals surface area contributed by atoms with Crippen LogP contribution in [0.5, 0.6) is 5.75 Å². The first-order valence-corrected chi connectivity index (χ1v) is 7.38. The molecule has 0 unspecified atom stereocenters. The van der Waals surface area contributed by atoms with Crippen LogP contribution in [0.2, 0.25) is 0 Å². The molecule has 1 N–H and O–H groups in total. The molecule has 0 saturated heterocycles. The minimum absolute atomic E-state index is 0.0950. The number of ether oxygens (including phenoxy) is 1. The molecule has 0 aromatic heterocycles. The van der Waals surface area contributed by atoms with Crippen LogP contribution in [-0.4, -0.2) is 20.8 Å². The molecule has 1 atom stereocenters. The van der Waals surface area contributed by atoms with E-state index >= 15 is 0 Å². The van der Waals surface area contributed by atoms with Gasteiger partial charge in [-0.15, -0.1) is 13.2 Å². The Balaban J connectivity index is 2.87. The molecule has 4 nitrogen and oxygen atoms in total. The lowest BCUT2D eigenvalue weighted by Crippen LogP contribution is -2.36. The number of benzene rings is 1. The number of rotatable bonds is 5. The zero-order chi connectivity index (χ0) is 15.6. The molecular formula is C12H16F3NO3S. The van der Waals surface area contributed by atoms with E-state index in [1.165, 1.54) is 0 Å². The van der Waals surface area contributed by atoms with Gasteiger partial charge in [0.2, 0.25) is 10.0 Å². The fourth-order valence-electron chi connectivity index (χ4n) is 1.27. The van der Waals surface area contributed by atoms with Gasteiger partial charge in [-0.1, -0.05) is 13.8 Å². The van der Waals surface area contributed by atoms with Crippen molar-refractivity contribution in [1.82, 2.24) is 4.72 Å². The Kier molecular flexibility index (Phi) is 5.04. The van der Waals surface area contributed by atoms with E-state index in [9.17, 15) is 21.6 Å². The van der Waals surface area contributed by atoms with E-state index in [0.717, 1.165) is 24.3 Å². The number of halogens is 3. The molecule has 8 heteroatoms. The molecule has 1 aromatic rings. The van der Waals surface area contributed by atoms with Crippen molar-refractivity contribution in [3.63, 3.8) is 0 Å². The molecule has 114 valence electrons. The third-order valence-corrected chi connectivity index (χ3v) is 4.28. The van der Waals surface area contributed by atoms with Crippen LogP contribution in [0.15, 0.2) is 29.2 Å². The molecule has 0 radical (unpaired) electrons. The van der Waals surface area contributed by atoms with Crippen LogP contribution in [0.3, 0.4) is 0 Å². The molecule has 1 rings (SSSR count). The summed E-state index contributed by atoms with van der Waals surface area (Å²) in [4.78, 5) is -0.112. The SMILES string of the molecule is CC(C)[C@@H](C)NS(=O)(=O)c1ccc(OC(F)(F)F)cc1. The molecular weight excluding hydrogens is 295 g/mol. The zero-order valence-corrected chi connectivity index (χ0v) is 12.0. The van der Waals surface area contributed by atoms with E-state index in [0.29, 0.717) is 0 Å². The quantitative estimate of drug-likeness (QED) is 0.909. The van der Waals surface area contributed by atoms with Gasteiger partial charge < -0.3 is 4.74 Å². The highest BCUT2D eigenvalue weighted by Gasteiger charge is 2.31. The Labute approximate surface area is 116 Å². The van der Waals surface area contributed by atoms with Crippen molar-refractivity contribution in [2.75, 3.05) is 0 Å². The van der Waals surface area contributed by atoms with Gasteiger partial charge in [0, 0.05) is 6.04 Å². The first-order valence-electron chi connectivity index (χ1n) is 5.89. The smallest absolute Gasteiger partial charge is 0.406 e. The number of hydrogen-bond donors (Lipinski definition) is 1. The van der Waals surface area contributed by atoms with Gasteiger partial charge in [0.25, 0.3) is 0 Å². The van der Waals surface area contributed by atoms with Crippen LogP contribution in [-0.2, 0) is 10.0 Å². The number of sulfonamides is 1. The molecule has 0 aliphatic rings. The summed E-state index contributed by atoms with van der Waals surface area (Å²) in [5, 5.41) is 0. The Morgan fingerprint density at radius 1 is 1.10 bits per heavy atom. The van der Waals surface area contributed by atoms with Crippen molar-refractivity contribution in [2.45, 2.75) is 38.1 Å². The molecule has 1 aromatic carbocycles. The number of nitrogens with one attached hydrogen (secondary N) is 1. The summed E-state index contributed by atoms with van der Waals surface area (Å²) in [6.07, 6.45) is -4.80. The molecule has 0 amide bonds. The first-order chi connectivity index (χ1) is 9.01. The molecule has 0 bridgehead atoms. The van der Waals surface area contributed by atoms with Gasteiger partial charge in [-0.3, -0.25) is 0 Å². The van der Waals surface area contributed by atoms with E-state index in [2.05, 4.69) is 9.46 Å². The zero-order valence-electron chi connectivity index (χ0n) is 11.2. The lowest BCUT2D eigenvalue weighted by molar-refractivity contribution is -0.274. The van der Waals surface area contributed by atoms with Gasteiger partial charge in [0.05, 0.1) is 4.90 Å². The maximum Gasteiger partial charge on any atom is 0.573 e.